The van der Waals surface area contributed by atoms with E-state index >= 15 is 0 Å². The van der Waals surface area contributed by atoms with Crippen LogP contribution in [0, 0.1) is 0 Å². The Morgan fingerprint density at radius 2 is 0.613 bits per heavy atom. The Morgan fingerprint density at radius 3 is 1.08 bits per heavy atom. The number of para-hydroxylation sites is 6. The molecular weight excluding hydrogens is 753 g/mol. The molecule has 0 fully saturated rings. The molecule has 0 radical (unpaired) electrons. The summed E-state index contributed by atoms with van der Waals surface area (Å²) >= 11 is 0. The highest BCUT2D eigenvalue weighted by Crippen LogP contribution is 2.41. The van der Waals surface area contributed by atoms with Crippen LogP contribution in [0.5, 0.6) is 0 Å². The zero-order valence-electron chi connectivity index (χ0n) is 33.7. The normalized spacial score (nSPS) is 11.5. The van der Waals surface area contributed by atoms with Gasteiger partial charge in [0.25, 0.3) is 0 Å². The van der Waals surface area contributed by atoms with E-state index in [4.69, 9.17) is 9.97 Å². The maximum absolute atomic E-state index is 5.23. The molecule has 4 aromatic heterocycles. The molecule has 8 aromatic carbocycles. The summed E-state index contributed by atoms with van der Waals surface area (Å²) in [5.41, 5.74) is 17.2. The molecule has 0 amide bonds. The van der Waals surface area contributed by atoms with Gasteiger partial charge in [-0.2, -0.15) is 0 Å². The zero-order valence-corrected chi connectivity index (χ0v) is 33.7. The van der Waals surface area contributed by atoms with Gasteiger partial charge in [0, 0.05) is 55.2 Å². The summed E-state index contributed by atoms with van der Waals surface area (Å²) in [5.74, 6) is 0. The molecule has 0 aliphatic rings. The van der Waals surface area contributed by atoms with Crippen LogP contribution >= 0.6 is 0 Å². The first-order valence-corrected chi connectivity index (χ1v) is 21.1. The van der Waals surface area contributed by atoms with E-state index in [1.54, 1.807) is 0 Å². The molecule has 0 unspecified atom stereocenters. The fraction of sp³-hybridized carbons (Fsp3) is 0. The third kappa shape index (κ3) is 5.92. The van der Waals surface area contributed by atoms with E-state index in [1.165, 1.54) is 54.7 Å². The lowest BCUT2D eigenvalue weighted by Gasteiger charge is -2.13. The highest BCUT2D eigenvalue weighted by atomic mass is 15.0. The van der Waals surface area contributed by atoms with Gasteiger partial charge in [-0.3, -0.25) is 0 Å². The van der Waals surface area contributed by atoms with E-state index in [0.29, 0.717) is 0 Å². The number of hydrogen-bond donors (Lipinski definition) is 0. The van der Waals surface area contributed by atoms with E-state index in [1.807, 2.05) is 0 Å². The maximum atomic E-state index is 5.23. The van der Waals surface area contributed by atoms with Crippen molar-refractivity contribution in [2.45, 2.75) is 0 Å². The first kappa shape index (κ1) is 35.6. The number of fused-ring (bicyclic) bond motifs is 6. The number of hydrogen-bond acceptors (Lipinski definition) is 2. The standard InChI is InChI=1S/C58H38N4/c1-3-21-43(22-4-1)61-55-35-9-7-25-47(55)49-29-13-27-45(57(49)61)39-17-11-19-41(37-39)51-31-15-33-53(59-51)54-34-16-32-52(60-54)42-20-12-18-40(38-42)46-28-14-30-50-48-26-8-10-36-56(48)62(58(46)50)44-23-5-2-6-24-44/h1-38H. The third-order valence-electron chi connectivity index (χ3n) is 12.1. The van der Waals surface area contributed by atoms with Crippen LogP contribution in [0.15, 0.2) is 231 Å². The summed E-state index contributed by atoms with van der Waals surface area (Å²) in [6.45, 7) is 0. The summed E-state index contributed by atoms with van der Waals surface area (Å²) in [6, 6.07) is 81.9. The Morgan fingerprint density at radius 1 is 0.258 bits per heavy atom. The van der Waals surface area contributed by atoms with Gasteiger partial charge in [-0.05, 0) is 83.9 Å². The number of rotatable bonds is 7. The van der Waals surface area contributed by atoms with Crippen LogP contribution in [0.1, 0.15) is 0 Å². The molecule has 4 nitrogen and oxygen atoms in total. The fourth-order valence-corrected chi connectivity index (χ4v) is 9.36. The van der Waals surface area contributed by atoms with E-state index < -0.39 is 0 Å². The number of nitrogens with zero attached hydrogens (tertiary/aromatic N) is 4. The first-order chi connectivity index (χ1) is 30.8. The second-order valence-corrected chi connectivity index (χ2v) is 15.8. The van der Waals surface area contributed by atoms with Crippen molar-refractivity contribution in [2.75, 3.05) is 0 Å². The molecule has 4 heterocycles. The highest BCUT2D eigenvalue weighted by Gasteiger charge is 2.19. The van der Waals surface area contributed by atoms with Gasteiger partial charge in [-0.15, -0.1) is 0 Å². The van der Waals surface area contributed by atoms with E-state index in [9.17, 15) is 0 Å². The molecule has 4 heteroatoms. The second kappa shape index (κ2) is 14.7. The number of benzene rings is 8. The van der Waals surface area contributed by atoms with Gasteiger partial charge < -0.3 is 9.13 Å². The average molecular weight is 791 g/mol. The summed E-state index contributed by atoms with van der Waals surface area (Å²) in [4.78, 5) is 10.5. The summed E-state index contributed by atoms with van der Waals surface area (Å²) in [6.07, 6.45) is 0. The third-order valence-corrected chi connectivity index (χ3v) is 12.1. The molecule has 12 rings (SSSR count). The molecule has 290 valence electrons. The van der Waals surface area contributed by atoms with Crippen molar-refractivity contribution in [3.8, 4) is 67.5 Å². The summed E-state index contributed by atoms with van der Waals surface area (Å²) in [7, 11) is 0. The maximum Gasteiger partial charge on any atom is 0.0893 e. The molecular formula is C58H38N4. The van der Waals surface area contributed by atoms with Gasteiger partial charge in [0.05, 0.1) is 44.8 Å². The predicted octanol–water partition coefficient (Wildman–Crippen LogP) is 15.0. The molecule has 62 heavy (non-hydrogen) atoms. The number of aromatic nitrogens is 4. The van der Waals surface area contributed by atoms with Gasteiger partial charge in [0.1, 0.15) is 0 Å². The average Bonchev–Trinajstić information content (AvgIpc) is 3.88. The van der Waals surface area contributed by atoms with Crippen molar-refractivity contribution in [1.29, 1.82) is 0 Å². The lowest BCUT2D eigenvalue weighted by molar-refractivity contribution is 1.18. The van der Waals surface area contributed by atoms with E-state index in [-0.39, 0.29) is 0 Å². The zero-order chi connectivity index (χ0) is 41.0. The van der Waals surface area contributed by atoms with Crippen molar-refractivity contribution >= 4 is 43.6 Å². The SMILES string of the molecule is c1ccc(-n2c3ccccc3c3cccc(-c4cccc(-c5cccc(-c6cccc(-c7cccc(-c8cccc9c%10ccccc%10n(-c%10ccccc%10)c89)c7)n6)n5)c4)c32)cc1. The van der Waals surface area contributed by atoms with Crippen molar-refractivity contribution in [1.82, 2.24) is 19.1 Å². The minimum atomic E-state index is 0.828. The largest absolute Gasteiger partial charge is 0.309 e. The Balaban J connectivity index is 0.917. The summed E-state index contributed by atoms with van der Waals surface area (Å²) < 4.78 is 4.79. The van der Waals surface area contributed by atoms with E-state index in [2.05, 4.69) is 240 Å². The van der Waals surface area contributed by atoms with Crippen LogP contribution in [0.2, 0.25) is 0 Å². The second-order valence-electron chi connectivity index (χ2n) is 15.8. The molecule has 0 saturated heterocycles. The van der Waals surface area contributed by atoms with Crippen LogP contribution in [-0.4, -0.2) is 19.1 Å². The first-order valence-electron chi connectivity index (χ1n) is 21.1. The van der Waals surface area contributed by atoms with Gasteiger partial charge in [-0.25, -0.2) is 9.97 Å². The Kier molecular flexibility index (Phi) is 8.46. The van der Waals surface area contributed by atoms with Crippen LogP contribution in [-0.2, 0) is 0 Å². The minimum absolute atomic E-state index is 0.828. The summed E-state index contributed by atoms with van der Waals surface area (Å²) in [5, 5.41) is 4.95. The molecule has 0 spiro atoms. The van der Waals surface area contributed by atoms with Crippen molar-refractivity contribution in [3.63, 3.8) is 0 Å². The molecule has 0 saturated carbocycles. The number of pyridine rings is 2. The van der Waals surface area contributed by atoms with Crippen molar-refractivity contribution < 1.29 is 0 Å². The Labute approximate surface area is 359 Å². The molecule has 0 bridgehead atoms. The van der Waals surface area contributed by atoms with Gasteiger partial charge in [0.2, 0.25) is 0 Å². The van der Waals surface area contributed by atoms with Gasteiger partial charge in [0.15, 0.2) is 0 Å². The quantitative estimate of drug-likeness (QED) is 0.161. The monoisotopic (exact) mass is 790 g/mol. The topological polar surface area (TPSA) is 35.6 Å². The highest BCUT2D eigenvalue weighted by molar-refractivity contribution is 6.15. The van der Waals surface area contributed by atoms with Crippen LogP contribution in [0.4, 0.5) is 0 Å². The molecule has 0 aliphatic carbocycles. The van der Waals surface area contributed by atoms with Crippen molar-refractivity contribution in [3.05, 3.63) is 231 Å². The van der Waals surface area contributed by atoms with Crippen LogP contribution < -0.4 is 0 Å². The van der Waals surface area contributed by atoms with Gasteiger partial charge >= 0.3 is 0 Å². The Bertz CT molecular complexity index is 3390. The lowest BCUT2D eigenvalue weighted by Crippen LogP contribution is -1.95. The fourth-order valence-electron chi connectivity index (χ4n) is 9.36. The van der Waals surface area contributed by atoms with Crippen molar-refractivity contribution in [2.24, 2.45) is 0 Å². The molecule has 12 aromatic rings. The van der Waals surface area contributed by atoms with Crippen LogP contribution in [0.25, 0.3) is 111 Å². The minimum Gasteiger partial charge on any atom is -0.309 e. The molecule has 0 aliphatic heterocycles. The smallest absolute Gasteiger partial charge is 0.0893 e. The predicted molar refractivity (Wildman–Crippen MR) is 258 cm³/mol. The lowest BCUT2D eigenvalue weighted by atomic mass is 9.98. The molecule has 0 N–H and O–H groups in total. The van der Waals surface area contributed by atoms with Crippen LogP contribution in [0.3, 0.4) is 0 Å². The molecule has 0 atom stereocenters. The van der Waals surface area contributed by atoms with Gasteiger partial charge in [-0.1, -0.05) is 158 Å². The Hall–Kier alpha value is -8.34. The van der Waals surface area contributed by atoms with E-state index in [0.717, 1.165) is 56.4 Å².